The number of likely N-dealkylation sites (N-methyl/N-ethyl adjacent to an activating group) is 1. The average Bonchev–Trinajstić information content (AvgIpc) is 2.84. The third kappa shape index (κ3) is 3.89. The number of aromatic hydroxyl groups is 1. The molecule has 0 saturated carbocycles. The quantitative estimate of drug-likeness (QED) is 0.244. The van der Waals surface area contributed by atoms with Crippen molar-refractivity contribution in [3.05, 3.63) is 49.0 Å². The van der Waals surface area contributed by atoms with Crippen LogP contribution >= 0.6 is 22.6 Å². The molecule has 38 heavy (non-hydrogen) atoms. The Bertz CT molecular complexity index is 1310. The third-order valence-electron chi connectivity index (χ3n) is 8.59. The van der Waals surface area contributed by atoms with Gasteiger partial charge >= 0.3 is 0 Å². The number of hydrogen-bond acceptors (Lipinski definition) is 9. The molecule has 1 amide bonds. The predicted octanol–water partition coefficient (Wildman–Crippen LogP) is 1.71. The maximum absolute atomic E-state index is 13.9. The van der Waals surface area contributed by atoms with Gasteiger partial charge in [0.15, 0.2) is 11.4 Å². The van der Waals surface area contributed by atoms with Crippen LogP contribution < -0.4 is 5.73 Å². The number of nitrogens with two attached hydrogens (primary N) is 1. The van der Waals surface area contributed by atoms with Crippen molar-refractivity contribution >= 4 is 40.1 Å². The highest BCUT2D eigenvalue weighted by molar-refractivity contribution is 14.1. The van der Waals surface area contributed by atoms with Crippen LogP contribution in [-0.4, -0.2) is 86.5 Å². The van der Waals surface area contributed by atoms with E-state index in [1.54, 1.807) is 19.0 Å². The van der Waals surface area contributed by atoms with Gasteiger partial charge in [0.05, 0.1) is 11.6 Å². The zero-order valence-electron chi connectivity index (χ0n) is 21.3. The second-order valence-corrected chi connectivity index (χ2v) is 12.2. The molecule has 1 fully saturated rings. The first-order valence-corrected chi connectivity index (χ1v) is 13.9. The van der Waals surface area contributed by atoms with Gasteiger partial charge in [0.1, 0.15) is 22.8 Å². The Kier molecular flexibility index (Phi) is 6.86. The molecule has 5 rings (SSSR count). The number of likely N-dealkylation sites (tertiary alicyclic amines) is 1. The van der Waals surface area contributed by atoms with Gasteiger partial charge in [0, 0.05) is 27.2 Å². The van der Waals surface area contributed by atoms with E-state index in [-0.39, 0.29) is 23.3 Å². The number of piperidine rings is 1. The van der Waals surface area contributed by atoms with Crippen molar-refractivity contribution in [1.82, 2.24) is 9.80 Å². The molecule has 4 aliphatic rings. The number of Topliss-reactive ketones (excluding diaryl/α,β-unsaturated/α-hetero) is 2. The van der Waals surface area contributed by atoms with Crippen molar-refractivity contribution in [3.63, 3.8) is 0 Å². The van der Waals surface area contributed by atoms with E-state index in [1.807, 2.05) is 6.07 Å². The van der Waals surface area contributed by atoms with Crippen LogP contribution in [0.2, 0.25) is 0 Å². The summed E-state index contributed by atoms with van der Waals surface area (Å²) < 4.78 is 0.817. The first-order chi connectivity index (χ1) is 17.9. The number of phenols is 1. The van der Waals surface area contributed by atoms with Crippen LogP contribution in [-0.2, 0) is 22.6 Å². The molecular weight excluding hydrogens is 605 g/mol. The summed E-state index contributed by atoms with van der Waals surface area (Å²) in [5, 5.41) is 45.2. The predicted molar refractivity (Wildman–Crippen MR) is 146 cm³/mol. The Morgan fingerprint density at radius 1 is 1.18 bits per heavy atom. The fraction of sp³-hybridized carbons (Fsp3) is 0.519. The van der Waals surface area contributed by atoms with Crippen LogP contribution in [0, 0.1) is 15.4 Å². The van der Waals surface area contributed by atoms with Crippen LogP contribution in [0.25, 0.3) is 0 Å². The Labute approximate surface area is 233 Å². The van der Waals surface area contributed by atoms with Crippen LogP contribution in [0.4, 0.5) is 0 Å². The second-order valence-electron chi connectivity index (χ2n) is 11.0. The number of fused-ring (bicyclic) bond motifs is 3. The van der Waals surface area contributed by atoms with E-state index >= 15 is 0 Å². The zero-order valence-corrected chi connectivity index (χ0v) is 23.5. The maximum Gasteiger partial charge on any atom is 0.255 e. The Morgan fingerprint density at radius 3 is 2.45 bits per heavy atom. The highest BCUT2D eigenvalue weighted by atomic mass is 127. The van der Waals surface area contributed by atoms with Crippen LogP contribution in [0.1, 0.15) is 47.2 Å². The Hall–Kier alpha value is -2.48. The van der Waals surface area contributed by atoms with Crippen LogP contribution in [0.3, 0.4) is 0 Å². The third-order valence-corrected chi connectivity index (χ3v) is 9.55. The smallest absolute Gasteiger partial charge is 0.255 e. The number of hydrogen-bond donors (Lipinski definition) is 5. The summed E-state index contributed by atoms with van der Waals surface area (Å²) in [6.45, 7) is 2.29. The monoisotopic (exact) mass is 637 g/mol. The van der Waals surface area contributed by atoms with E-state index < -0.39 is 58.0 Å². The fourth-order valence-electron chi connectivity index (χ4n) is 6.80. The lowest BCUT2D eigenvalue weighted by Crippen LogP contribution is -2.63. The average molecular weight is 637 g/mol. The summed E-state index contributed by atoms with van der Waals surface area (Å²) in [6.07, 6.45) is 3.69. The molecule has 11 heteroatoms. The summed E-state index contributed by atoms with van der Waals surface area (Å²) in [5.41, 5.74) is 3.15. The van der Waals surface area contributed by atoms with Crippen molar-refractivity contribution < 1.29 is 34.8 Å². The van der Waals surface area contributed by atoms with Gasteiger partial charge in [0.25, 0.3) is 5.91 Å². The number of benzene rings is 1. The topological polar surface area (TPSA) is 165 Å². The molecule has 4 atom stereocenters. The van der Waals surface area contributed by atoms with Crippen molar-refractivity contribution in [2.75, 3.05) is 27.2 Å². The van der Waals surface area contributed by atoms with Gasteiger partial charge in [-0.2, -0.15) is 0 Å². The number of rotatable bonds is 4. The number of primary amides is 1. The summed E-state index contributed by atoms with van der Waals surface area (Å²) in [4.78, 5) is 43.2. The van der Waals surface area contributed by atoms with Gasteiger partial charge in [-0.05, 0) is 93.0 Å². The van der Waals surface area contributed by atoms with Gasteiger partial charge in [-0.3, -0.25) is 24.2 Å². The van der Waals surface area contributed by atoms with Crippen LogP contribution in [0.5, 0.6) is 5.75 Å². The van der Waals surface area contributed by atoms with Crippen molar-refractivity contribution in [3.8, 4) is 5.75 Å². The lowest BCUT2D eigenvalue weighted by atomic mass is 9.58. The number of amides is 1. The minimum absolute atomic E-state index is 0.0738. The van der Waals surface area contributed by atoms with E-state index in [4.69, 9.17) is 5.73 Å². The molecule has 0 aromatic heterocycles. The molecule has 10 nitrogen and oxygen atoms in total. The molecule has 204 valence electrons. The second kappa shape index (κ2) is 9.61. The molecule has 3 aliphatic carbocycles. The highest BCUT2D eigenvalue weighted by Crippen LogP contribution is 2.52. The number of aliphatic hydroxyl groups excluding tert-OH is 2. The minimum atomic E-state index is -2.63. The summed E-state index contributed by atoms with van der Waals surface area (Å²) in [6, 6.07) is 0.893. The lowest BCUT2D eigenvalue weighted by molar-refractivity contribution is -0.148. The van der Waals surface area contributed by atoms with Gasteiger partial charge in [-0.15, -0.1) is 0 Å². The molecule has 0 spiro atoms. The van der Waals surface area contributed by atoms with Crippen molar-refractivity contribution in [2.24, 2.45) is 17.6 Å². The molecule has 1 saturated heterocycles. The van der Waals surface area contributed by atoms with Crippen LogP contribution in [0.15, 0.2) is 28.7 Å². The number of carbonyl (C=O) groups is 3. The van der Waals surface area contributed by atoms with Gasteiger partial charge in [-0.25, -0.2) is 0 Å². The van der Waals surface area contributed by atoms with Gasteiger partial charge in [-0.1, -0.05) is 6.42 Å². The van der Waals surface area contributed by atoms with E-state index in [9.17, 15) is 34.8 Å². The van der Waals surface area contributed by atoms with E-state index in [2.05, 4.69) is 27.5 Å². The summed E-state index contributed by atoms with van der Waals surface area (Å²) in [7, 11) is 3.22. The highest BCUT2D eigenvalue weighted by Gasteiger charge is 2.63. The zero-order chi connectivity index (χ0) is 27.7. The van der Waals surface area contributed by atoms with E-state index in [1.165, 1.54) is 6.42 Å². The Balaban J connectivity index is 1.64. The molecule has 0 bridgehead atoms. The lowest BCUT2D eigenvalue weighted by Gasteiger charge is -2.50. The number of aliphatic hydroxyl groups is 3. The normalized spacial score (nSPS) is 29.9. The van der Waals surface area contributed by atoms with E-state index in [0.29, 0.717) is 24.1 Å². The van der Waals surface area contributed by atoms with Gasteiger partial charge < -0.3 is 26.2 Å². The molecule has 1 unspecified atom stereocenters. The van der Waals surface area contributed by atoms with Crippen molar-refractivity contribution in [1.29, 1.82) is 0 Å². The number of nitrogens with zero attached hydrogens (tertiary/aromatic N) is 2. The van der Waals surface area contributed by atoms with Crippen molar-refractivity contribution in [2.45, 2.75) is 50.3 Å². The number of allylic oxidation sites excluding steroid dienone is 1. The Morgan fingerprint density at radius 2 is 1.84 bits per heavy atom. The first kappa shape index (κ1) is 27.1. The molecule has 1 aromatic carbocycles. The maximum atomic E-state index is 13.9. The standard InChI is InChI=1S/C27H32IN3O7/c1-30(2)20-15-9-12-8-14-16(28)10-13(11-31-6-4-3-5-7-31)21(32)18(14)22(33)17(12)24(35)27(15,38)25(36)19(23(20)34)26(29)37/h10,12,15,20,32,34-35,38H,3-9,11H2,1-2H3,(H2,29,37)/t12-,15-,20?,27-/m0/s1. The largest absolute Gasteiger partial charge is 0.510 e. The molecule has 1 aliphatic heterocycles. The molecular formula is C27H32IN3O7. The first-order valence-electron chi connectivity index (χ1n) is 12.8. The van der Waals surface area contributed by atoms with Gasteiger partial charge in [0.2, 0.25) is 5.78 Å². The summed E-state index contributed by atoms with van der Waals surface area (Å²) in [5.74, 6) is -6.28. The molecule has 0 radical (unpaired) electrons. The molecule has 6 N–H and O–H groups in total. The SMILES string of the molecule is CN(C)C1C(O)=C(C(N)=O)C(=O)[C@@]2(O)C(O)=C3C(=O)c4c(O)c(CN5CCCCC5)cc(I)c4C[C@H]3C[C@@H]12. The summed E-state index contributed by atoms with van der Waals surface area (Å²) >= 11 is 2.16. The fourth-order valence-corrected chi connectivity index (χ4v) is 7.67. The molecule has 1 heterocycles. The minimum Gasteiger partial charge on any atom is -0.510 e. The number of carbonyl (C=O) groups excluding carboxylic acids is 3. The van der Waals surface area contributed by atoms with E-state index in [0.717, 1.165) is 29.5 Å². The number of halogens is 1. The molecule has 1 aromatic rings. The number of phenolic OH excluding ortho intramolecular Hbond substituents is 1. The number of ketones is 2.